The number of nitrogens with one attached hydrogen (secondary N) is 2. The second kappa shape index (κ2) is 8.57. The Bertz CT molecular complexity index is 574. The second-order valence-corrected chi connectivity index (χ2v) is 8.09. The SMILES string of the molecule is CSCCCNC(=S)Nc1cccc(S(=O)(=O)N(C)C)c1. The van der Waals surface area contributed by atoms with Crippen molar-refractivity contribution in [3.8, 4) is 0 Å². The molecule has 2 N–H and O–H groups in total. The van der Waals surface area contributed by atoms with Gasteiger partial charge in [-0.1, -0.05) is 6.07 Å². The third-order valence-corrected chi connectivity index (χ3v) is 5.44. The van der Waals surface area contributed by atoms with Crippen LogP contribution in [0, 0.1) is 0 Å². The predicted octanol–water partition coefficient (Wildman–Crippen LogP) is 1.98. The van der Waals surface area contributed by atoms with Crippen LogP contribution in [-0.2, 0) is 10.0 Å². The summed E-state index contributed by atoms with van der Waals surface area (Å²) in [4.78, 5) is 0.239. The molecule has 1 aromatic carbocycles. The maximum absolute atomic E-state index is 12.1. The smallest absolute Gasteiger partial charge is 0.242 e. The molecule has 118 valence electrons. The first-order valence-electron chi connectivity index (χ1n) is 6.44. The quantitative estimate of drug-likeness (QED) is 0.581. The summed E-state index contributed by atoms with van der Waals surface area (Å²) in [5.41, 5.74) is 0.653. The van der Waals surface area contributed by atoms with Crippen LogP contribution in [0.5, 0.6) is 0 Å². The van der Waals surface area contributed by atoms with Crippen LogP contribution in [0.1, 0.15) is 6.42 Å². The zero-order valence-electron chi connectivity index (χ0n) is 12.4. The Morgan fingerprint density at radius 3 is 2.71 bits per heavy atom. The molecule has 0 atom stereocenters. The minimum atomic E-state index is -3.43. The molecule has 8 heteroatoms. The van der Waals surface area contributed by atoms with Gasteiger partial charge in [0.25, 0.3) is 0 Å². The Morgan fingerprint density at radius 2 is 2.10 bits per heavy atom. The van der Waals surface area contributed by atoms with Gasteiger partial charge in [0.2, 0.25) is 10.0 Å². The van der Waals surface area contributed by atoms with Gasteiger partial charge in [0.05, 0.1) is 4.90 Å². The third kappa shape index (κ3) is 5.82. The Kier molecular flexibility index (Phi) is 7.44. The van der Waals surface area contributed by atoms with Crippen molar-refractivity contribution >= 4 is 44.8 Å². The number of hydrogen-bond acceptors (Lipinski definition) is 4. The zero-order chi connectivity index (χ0) is 15.9. The summed E-state index contributed by atoms with van der Waals surface area (Å²) in [7, 11) is -0.418. The van der Waals surface area contributed by atoms with Crippen molar-refractivity contribution in [1.82, 2.24) is 9.62 Å². The molecule has 0 heterocycles. The van der Waals surface area contributed by atoms with Crippen molar-refractivity contribution in [3.63, 3.8) is 0 Å². The molecule has 0 amide bonds. The average molecular weight is 348 g/mol. The number of rotatable bonds is 7. The van der Waals surface area contributed by atoms with E-state index in [1.165, 1.54) is 18.4 Å². The molecule has 0 aromatic heterocycles. The van der Waals surface area contributed by atoms with Gasteiger partial charge >= 0.3 is 0 Å². The third-order valence-electron chi connectivity index (χ3n) is 2.68. The number of nitrogens with zero attached hydrogens (tertiary/aromatic N) is 1. The summed E-state index contributed by atoms with van der Waals surface area (Å²) in [6.07, 6.45) is 3.09. The van der Waals surface area contributed by atoms with Crippen LogP contribution in [0.3, 0.4) is 0 Å². The minimum absolute atomic E-state index is 0.239. The van der Waals surface area contributed by atoms with Crippen LogP contribution in [0.2, 0.25) is 0 Å². The van der Waals surface area contributed by atoms with Crippen LogP contribution in [-0.4, -0.2) is 50.5 Å². The van der Waals surface area contributed by atoms with E-state index in [9.17, 15) is 8.42 Å². The van der Waals surface area contributed by atoms with Gasteiger partial charge in [0, 0.05) is 26.3 Å². The highest BCUT2D eigenvalue weighted by molar-refractivity contribution is 7.98. The second-order valence-electron chi connectivity index (χ2n) is 4.54. The van der Waals surface area contributed by atoms with Gasteiger partial charge in [0.1, 0.15) is 0 Å². The van der Waals surface area contributed by atoms with Crippen molar-refractivity contribution in [2.45, 2.75) is 11.3 Å². The van der Waals surface area contributed by atoms with Crippen molar-refractivity contribution in [2.24, 2.45) is 0 Å². The van der Waals surface area contributed by atoms with E-state index < -0.39 is 10.0 Å². The molecule has 0 aliphatic rings. The lowest BCUT2D eigenvalue weighted by Crippen LogP contribution is -2.29. The number of hydrogen-bond donors (Lipinski definition) is 2. The maximum Gasteiger partial charge on any atom is 0.242 e. The molecule has 1 rings (SSSR count). The van der Waals surface area contributed by atoms with Crippen molar-refractivity contribution in [1.29, 1.82) is 0 Å². The van der Waals surface area contributed by atoms with Crippen molar-refractivity contribution < 1.29 is 8.42 Å². The number of thioether (sulfide) groups is 1. The van der Waals surface area contributed by atoms with Gasteiger partial charge in [0.15, 0.2) is 5.11 Å². The van der Waals surface area contributed by atoms with Gasteiger partial charge in [-0.3, -0.25) is 0 Å². The Balaban J connectivity index is 2.67. The summed E-state index contributed by atoms with van der Waals surface area (Å²) in [6.45, 7) is 0.794. The predicted molar refractivity (Wildman–Crippen MR) is 94.5 cm³/mol. The molecule has 0 saturated carbocycles. The molecule has 0 saturated heterocycles. The summed E-state index contributed by atoms with van der Waals surface area (Å²) in [5.74, 6) is 1.08. The summed E-state index contributed by atoms with van der Waals surface area (Å²) in [5, 5.41) is 6.59. The highest BCUT2D eigenvalue weighted by Gasteiger charge is 2.17. The van der Waals surface area contributed by atoms with E-state index >= 15 is 0 Å². The fourth-order valence-corrected chi connectivity index (χ4v) is 3.14. The monoisotopic (exact) mass is 347 g/mol. The van der Waals surface area contributed by atoms with Gasteiger partial charge in [-0.05, 0) is 48.8 Å². The highest BCUT2D eigenvalue weighted by atomic mass is 32.2. The summed E-state index contributed by atoms with van der Waals surface area (Å²) < 4.78 is 25.3. The fourth-order valence-electron chi connectivity index (χ4n) is 1.54. The van der Waals surface area contributed by atoms with E-state index in [0.717, 1.165) is 18.7 Å². The van der Waals surface area contributed by atoms with E-state index in [1.807, 2.05) is 0 Å². The molecular weight excluding hydrogens is 326 g/mol. The molecule has 0 radical (unpaired) electrons. The molecule has 0 bridgehead atoms. The van der Waals surface area contributed by atoms with Gasteiger partial charge < -0.3 is 10.6 Å². The zero-order valence-corrected chi connectivity index (χ0v) is 14.9. The van der Waals surface area contributed by atoms with E-state index in [2.05, 4.69) is 16.9 Å². The fraction of sp³-hybridized carbons (Fsp3) is 0.462. The number of benzene rings is 1. The Labute approximate surface area is 136 Å². The lowest BCUT2D eigenvalue weighted by atomic mass is 10.3. The first-order valence-corrected chi connectivity index (χ1v) is 9.68. The lowest BCUT2D eigenvalue weighted by molar-refractivity contribution is 0.521. The minimum Gasteiger partial charge on any atom is -0.362 e. The van der Waals surface area contributed by atoms with Crippen molar-refractivity contribution in [3.05, 3.63) is 24.3 Å². The topological polar surface area (TPSA) is 61.4 Å². The number of sulfonamides is 1. The highest BCUT2D eigenvalue weighted by Crippen LogP contribution is 2.17. The molecule has 0 aliphatic heterocycles. The Hall–Kier alpha value is -0.830. The van der Waals surface area contributed by atoms with Crippen LogP contribution < -0.4 is 10.6 Å². The van der Waals surface area contributed by atoms with Gasteiger partial charge in [-0.2, -0.15) is 11.8 Å². The standard InChI is InChI=1S/C13H21N3O2S3/c1-16(2)21(17,18)12-7-4-6-11(10-12)15-13(19)14-8-5-9-20-3/h4,6-7,10H,5,8-9H2,1-3H3,(H2,14,15,19). The molecule has 1 aromatic rings. The van der Waals surface area contributed by atoms with E-state index in [-0.39, 0.29) is 4.90 Å². The average Bonchev–Trinajstić information content (AvgIpc) is 2.43. The number of thiocarbonyl (C=S) groups is 1. The normalized spacial score (nSPS) is 11.4. The first-order chi connectivity index (χ1) is 9.87. The molecule has 5 nitrogen and oxygen atoms in total. The molecule has 0 aliphatic carbocycles. The molecular formula is C13H21N3O2S3. The summed E-state index contributed by atoms with van der Waals surface area (Å²) in [6, 6.07) is 6.61. The Morgan fingerprint density at radius 1 is 1.38 bits per heavy atom. The van der Waals surface area contributed by atoms with Crippen LogP contribution in [0.25, 0.3) is 0 Å². The van der Waals surface area contributed by atoms with Crippen LogP contribution in [0.15, 0.2) is 29.2 Å². The van der Waals surface area contributed by atoms with Crippen LogP contribution in [0.4, 0.5) is 5.69 Å². The maximum atomic E-state index is 12.1. The van der Waals surface area contributed by atoms with Gasteiger partial charge in [-0.25, -0.2) is 12.7 Å². The van der Waals surface area contributed by atoms with E-state index in [4.69, 9.17) is 12.2 Å². The van der Waals surface area contributed by atoms with Gasteiger partial charge in [-0.15, -0.1) is 0 Å². The van der Waals surface area contributed by atoms with Crippen molar-refractivity contribution in [2.75, 3.05) is 38.0 Å². The largest absolute Gasteiger partial charge is 0.362 e. The van der Waals surface area contributed by atoms with E-state index in [0.29, 0.717) is 10.8 Å². The first kappa shape index (κ1) is 18.2. The molecule has 0 spiro atoms. The molecule has 0 fully saturated rings. The molecule has 0 unspecified atom stereocenters. The van der Waals surface area contributed by atoms with E-state index in [1.54, 1.807) is 36.0 Å². The van der Waals surface area contributed by atoms with Crippen LogP contribution >= 0.6 is 24.0 Å². The summed E-state index contributed by atoms with van der Waals surface area (Å²) >= 11 is 6.97. The number of anilines is 1. The molecule has 21 heavy (non-hydrogen) atoms. The lowest BCUT2D eigenvalue weighted by Gasteiger charge is -2.14.